The van der Waals surface area contributed by atoms with Gasteiger partial charge in [-0.1, -0.05) is 17.7 Å². The number of methoxy groups -OCH3 is 1. The summed E-state index contributed by atoms with van der Waals surface area (Å²) in [4.78, 5) is 22.0. The van der Waals surface area contributed by atoms with Gasteiger partial charge in [0.25, 0.3) is 11.6 Å². The summed E-state index contributed by atoms with van der Waals surface area (Å²) in [6.45, 7) is -0.0675. The van der Waals surface area contributed by atoms with E-state index in [4.69, 9.17) is 16.3 Å². The highest BCUT2D eigenvalue weighted by Gasteiger charge is 2.15. The van der Waals surface area contributed by atoms with Gasteiger partial charge in [-0.15, -0.1) is 0 Å². The fourth-order valence-corrected chi connectivity index (χ4v) is 2.16. The van der Waals surface area contributed by atoms with Crippen LogP contribution in [0.25, 0.3) is 0 Å². The third-order valence-corrected chi connectivity index (χ3v) is 3.43. The van der Waals surface area contributed by atoms with E-state index >= 15 is 0 Å². The molecule has 0 saturated heterocycles. The third-order valence-electron chi connectivity index (χ3n) is 3.19. The molecule has 0 fully saturated rings. The van der Waals surface area contributed by atoms with Crippen LogP contribution in [0.15, 0.2) is 41.5 Å². The van der Waals surface area contributed by atoms with Gasteiger partial charge in [-0.05, 0) is 18.2 Å². The van der Waals surface area contributed by atoms with Crippen LogP contribution in [-0.2, 0) is 4.79 Å². The summed E-state index contributed by atoms with van der Waals surface area (Å²) in [6.07, 6.45) is 1.09. The molecule has 2 aromatic rings. The minimum absolute atomic E-state index is 0.0270. The first-order valence-electron chi connectivity index (χ1n) is 7.27. The molecule has 0 unspecified atom stereocenters. The van der Waals surface area contributed by atoms with E-state index in [1.54, 1.807) is 24.3 Å². The van der Waals surface area contributed by atoms with Crippen LogP contribution in [0.3, 0.4) is 0 Å². The first kappa shape index (κ1) is 19.0. The van der Waals surface area contributed by atoms with Gasteiger partial charge in [0.1, 0.15) is 0 Å². The molecule has 0 atom stereocenters. The van der Waals surface area contributed by atoms with Crippen molar-refractivity contribution in [3.63, 3.8) is 0 Å². The number of halogens is 1. The van der Waals surface area contributed by atoms with Crippen LogP contribution >= 0.6 is 11.6 Å². The Kier molecular flexibility index (Phi) is 6.34. The zero-order valence-corrected chi connectivity index (χ0v) is 14.4. The number of nitrogens with zero attached hydrogens (tertiary/aromatic N) is 2. The molecule has 0 aromatic heterocycles. The van der Waals surface area contributed by atoms with Crippen LogP contribution in [0.2, 0.25) is 5.02 Å². The number of nitro benzene ring substituents is 1. The molecule has 0 spiro atoms. The number of ether oxygens (including phenoxy) is 1. The predicted molar refractivity (Wildman–Crippen MR) is 97.0 cm³/mol. The number of phenolic OH excluding ortho intramolecular Hbond substituents is 1. The van der Waals surface area contributed by atoms with Crippen LogP contribution in [0.1, 0.15) is 5.56 Å². The van der Waals surface area contributed by atoms with Gasteiger partial charge in [-0.2, -0.15) is 5.10 Å². The number of hydrazone groups is 1. The van der Waals surface area contributed by atoms with Gasteiger partial charge in [-0.25, -0.2) is 5.43 Å². The molecule has 0 aliphatic rings. The summed E-state index contributed by atoms with van der Waals surface area (Å²) in [7, 11) is 1.27. The van der Waals surface area contributed by atoms with Crippen molar-refractivity contribution in [1.82, 2.24) is 5.43 Å². The molecule has 9 nitrogen and oxygen atoms in total. The summed E-state index contributed by atoms with van der Waals surface area (Å²) < 4.78 is 4.88. The van der Waals surface area contributed by atoms with Gasteiger partial charge in [0, 0.05) is 22.3 Å². The number of benzene rings is 2. The van der Waals surface area contributed by atoms with Crippen LogP contribution in [0.5, 0.6) is 11.5 Å². The average molecular weight is 379 g/mol. The Balaban J connectivity index is 2.00. The molecule has 0 heterocycles. The molecule has 0 aliphatic carbocycles. The lowest BCUT2D eigenvalue weighted by Crippen LogP contribution is -2.25. The zero-order valence-electron chi connectivity index (χ0n) is 13.6. The predicted octanol–water partition coefficient (Wildman–Crippen LogP) is 2.52. The zero-order chi connectivity index (χ0) is 19.1. The van der Waals surface area contributed by atoms with Crippen molar-refractivity contribution in [1.29, 1.82) is 0 Å². The van der Waals surface area contributed by atoms with E-state index < -0.39 is 10.8 Å². The standard InChI is InChI=1S/C16H15ClN4O5/c1-26-14-7-13(21(24)25)5-10(16(14)23)8-19-20-15(22)9-18-12-4-2-3-11(17)6-12/h2-8,18,23H,9H2,1H3,(H,20,22)/b19-8-. The highest BCUT2D eigenvalue weighted by molar-refractivity contribution is 6.30. The topological polar surface area (TPSA) is 126 Å². The smallest absolute Gasteiger partial charge is 0.274 e. The van der Waals surface area contributed by atoms with E-state index in [1.807, 2.05) is 0 Å². The second-order valence-corrected chi connectivity index (χ2v) is 5.44. The van der Waals surface area contributed by atoms with Crippen LogP contribution < -0.4 is 15.5 Å². The number of aromatic hydroxyl groups is 1. The lowest BCUT2D eigenvalue weighted by Gasteiger charge is -2.07. The second kappa shape index (κ2) is 8.67. The van der Waals surface area contributed by atoms with E-state index in [2.05, 4.69) is 15.8 Å². The van der Waals surface area contributed by atoms with Gasteiger partial charge in [0.15, 0.2) is 11.5 Å². The monoisotopic (exact) mass is 378 g/mol. The summed E-state index contributed by atoms with van der Waals surface area (Å²) >= 11 is 5.84. The Morgan fingerprint density at radius 3 is 2.85 bits per heavy atom. The van der Waals surface area contributed by atoms with Crippen LogP contribution in [-0.4, -0.2) is 35.8 Å². The quantitative estimate of drug-likeness (QED) is 0.386. The summed E-state index contributed by atoms with van der Waals surface area (Å²) in [6, 6.07) is 9.04. The Bertz CT molecular complexity index is 857. The van der Waals surface area contributed by atoms with Crippen molar-refractivity contribution < 1.29 is 19.6 Å². The first-order valence-corrected chi connectivity index (χ1v) is 7.65. The van der Waals surface area contributed by atoms with E-state index in [0.29, 0.717) is 10.7 Å². The maximum Gasteiger partial charge on any atom is 0.274 e. The number of hydrogen-bond acceptors (Lipinski definition) is 7. The van der Waals surface area contributed by atoms with E-state index in [-0.39, 0.29) is 29.3 Å². The number of carbonyl (C=O) groups excluding carboxylic acids is 1. The second-order valence-electron chi connectivity index (χ2n) is 5.00. The molecule has 2 rings (SSSR count). The molecular formula is C16H15ClN4O5. The minimum atomic E-state index is -0.632. The number of nitrogens with one attached hydrogen (secondary N) is 2. The minimum Gasteiger partial charge on any atom is -0.504 e. The number of carbonyl (C=O) groups is 1. The fourth-order valence-electron chi connectivity index (χ4n) is 1.97. The number of nitro groups is 1. The molecule has 26 heavy (non-hydrogen) atoms. The van der Waals surface area contributed by atoms with Crippen molar-refractivity contribution >= 4 is 35.1 Å². The van der Waals surface area contributed by atoms with Crippen molar-refractivity contribution in [2.24, 2.45) is 5.10 Å². The van der Waals surface area contributed by atoms with E-state index in [1.165, 1.54) is 7.11 Å². The van der Waals surface area contributed by atoms with Crippen LogP contribution in [0, 0.1) is 10.1 Å². The molecule has 0 bridgehead atoms. The normalized spacial score (nSPS) is 10.5. The molecule has 10 heteroatoms. The highest BCUT2D eigenvalue weighted by Crippen LogP contribution is 2.33. The molecule has 0 aliphatic heterocycles. The number of phenols is 1. The maximum absolute atomic E-state index is 11.8. The van der Waals surface area contributed by atoms with Gasteiger partial charge >= 0.3 is 0 Å². The third kappa shape index (κ3) is 5.08. The van der Waals surface area contributed by atoms with Crippen molar-refractivity contribution in [2.75, 3.05) is 19.0 Å². The van der Waals surface area contributed by atoms with E-state index in [9.17, 15) is 20.0 Å². The van der Waals surface area contributed by atoms with E-state index in [0.717, 1.165) is 18.3 Å². The Hall–Kier alpha value is -3.33. The molecular weight excluding hydrogens is 364 g/mol. The molecule has 2 aromatic carbocycles. The lowest BCUT2D eigenvalue weighted by atomic mass is 10.2. The number of non-ortho nitro benzene ring substituents is 1. The van der Waals surface area contributed by atoms with Gasteiger partial charge < -0.3 is 15.2 Å². The van der Waals surface area contributed by atoms with Crippen molar-refractivity contribution in [3.8, 4) is 11.5 Å². The van der Waals surface area contributed by atoms with Gasteiger partial charge in [0.2, 0.25) is 0 Å². The van der Waals surface area contributed by atoms with Crippen LogP contribution in [0.4, 0.5) is 11.4 Å². The Morgan fingerprint density at radius 2 is 2.19 bits per heavy atom. The lowest BCUT2D eigenvalue weighted by molar-refractivity contribution is -0.385. The molecule has 1 amide bonds. The summed E-state index contributed by atoms with van der Waals surface area (Å²) in [5.41, 5.74) is 2.65. The van der Waals surface area contributed by atoms with Gasteiger partial charge in [0.05, 0.1) is 30.9 Å². The summed E-state index contributed by atoms with van der Waals surface area (Å²) in [5.74, 6) is -0.860. The SMILES string of the molecule is COc1cc([N+](=O)[O-])cc(/C=N\NC(=O)CNc2cccc(Cl)c2)c1O. The number of anilines is 1. The molecule has 0 saturated carbocycles. The Labute approximate surface area is 153 Å². The molecule has 0 radical (unpaired) electrons. The molecule has 136 valence electrons. The van der Waals surface area contributed by atoms with Crippen molar-refractivity contribution in [2.45, 2.75) is 0 Å². The fraction of sp³-hybridized carbons (Fsp3) is 0.125. The largest absolute Gasteiger partial charge is 0.504 e. The first-order chi connectivity index (χ1) is 12.4. The van der Waals surface area contributed by atoms with Crippen molar-refractivity contribution in [3.05, 3.63) is 57.1 Å². The maximum atomic E-state index is 11.8. The number of hydrogen-bond donors (Lipinski definition) is 3. The number of amides is 1. The Morgan fingerprint density at radius 1 is 1.42 bits per heavy atom. The molecule has 3 N–H and O–H groups in total. The average Bonchev–Trinajstić information content (AvgIpc) is 2.61. The van der Waals surface area contributed by atoms with Gasteiger partial charge in [-0.3, -0.25) is 14.9 Å². The summed E-state index contributed by atoms with van der Waals surface area (Å²) in [5, 5.41) is 27.9. The number of rotatable bonds is 7. The highest BCUT2D eigenvalue weighted by atomic mass is 35.5.